The molecule has 1 saturated heterocycles. The van der Waals surface area contributed by atoms with E-state index in [0.29, 0.717) is 19.3 Å². The van der Waals surface area contributed by atoms with E-state index in [9.17, 15) is 23.1 Å². The van der Waals surface area contributed by atoms with Crippen molar-refractivity contribution in [3.8, 4) is 0 Å². The Morgan fingerprint density at radius 3 is 2.64 bits per heavy atom. The van der Waals surface area contributed by atoms with E-state index in [4.69, 9.17) is 0 Å². The zero-order chi connectivity index (χ0) is 16.5. The van der Waals surface area contributed by atoms with Crippen molar-refractivity contribution < 1.29 is 23.1 Å². The van der Waals surface area contributed by atoms with Gasteiger partial charge in [-0.2, -0.15) is 4.31 Å². The number of aliphatic carboxylic acids is 1. The van der Waals surface area contributed by atoms with Gasteiger partial charge in [0.1, 0.15) is 16.6 Å². The lowest BCUT2D eigenvalue weighted by Gasteiger charge is -2.31. The summed E-state index contributed by atoms with van der Waals surface area (Å²) in [6, 6.07) is 0.212. The number of hydrogen-bond donors (Lipinski definition) is 2. The lowest BCUT2D eigenvalue weighted by molar-refractivity contribution is -0.142. The average Bonchev–Trinajstić information content (AvgIpc) is 2.89. The first-order chi connectivity index (χ1) is 10.3. The topological polar surface area (TPSA) is 109 Å². The minimum atomic E-state index is -3.95. The van der Waals surface area contributed by atoms with E-state index in [1.807, 2.05) is 0 Å². The Balaban J connectivity index is 2.41. The summed E-state index contributed by atoms with van der Waals surface area (Å²) in [5.74, 6) is -1.55. The molecule has 1 aromatic heterocycles. The Morgan fingerprint density at radius 2 is 2.05 bits per heavy atom. The third-order valence-electron chi connectivity index (χ3n) is 3.78. The first kappa shape index (κ1) is 16.5. The van der Waals surface area contributed by atoms with Crippen molar-refractivity contribution in [1.82, 2.24) is 14.2 Å². The zero-order valence-electron chi connectivity index (χ0n) is 12.4. The number of rotatable bonds is 4. The van der Waals surface area contributed by atoms with E-state index in [2.05, 4.69) is 5.32 Å². The minimum absolute atomic E-state index is 0.0678. The smallest absolute Gasteiger partial charge is 0.322 e. The van der Waals surface area contributed by atoms with Gasteiger partial charge in [0, 0.05) is 26.8 Å². The van der Waals surface area contributed by atoms with Crippen molar-refractivity contribution in [3.05, 3.63) is 18.0 Å². The molecule has 1 aromatic rings. The van der Waals surface area contributed by atoms with Gasteiger partial charge < -0.3 is 15.0 Å². The summed E-state index contributed by atoms with van der Waals surface area (Å²) in [5, 5.41) is 11.7. The van der Waals surface area contributed by atoms with Gasteiger partial charge in [-0.05, 0) is 25.3 Å². The van der Waals surface area contributed by atoms with Crippen LogP contribution in [-0.4, -0.2) is 53.9 Å². The number of carbonyl (C=O) groups excluding carboxylic acids is 1. The number of carbonyl (C=O) groups is 2. The molecule has 1 aliphatic heterocycles. The molecule has 1 aliphatic rings. The van der Waals surface area contributed by atoms with Gasteiger partial charge in [0.25, 0.3) is 5.91 Å². The van der Waals surface area contributed by atoms with Crippen molar-refractivity contribution in [3.63, 3.8) is 0 Å². The van der Waals surface area contributed by atoms with E-state index in [1.165, 1.54) is 23.9 Å². The van der Waals surface area contributed by atoms with Gasteiger partial charge in [-0.25, -0.2) is 8.42 Å². The second-order valence-corrected chi connectivity index (χ2v) is 7.11. The van der Waals surface area contributed by atoms with Crippen LogP contribution in [0.15, 0.2) is 17.2 Å². The fourth-order valence-corrected chi connectivity index (χ4v) is 4.33. The molecule has 8 nitrogen and oxygen atoms in total. The minimum Gasteiger partial charge on any atom is -0.480 e. The van der Waals surface area contributed by atoms with E-state index < -0.39 is 27.9 Å². The van der Waals surface area contributed by atoms with Crippen molar-refractivity contribution >= 4 is 21.9 Å². The van der Waals surface area contributed by atoms with Crippen molar-refractivity contribution in [2.45, 2.75) is 30.2 Å². The standard InChI is InChI=1S/C13H19N3O5S/c1-14-12(17)11-7-9(8-15(11)2)22(20,21)16-6-4-3-5-10(16)13(18)19/h7-8,10H,3-6H2,1-2H3,(H,14,17)(H,18,19). The third kappa shape index (κ3) is 2.86. The van der Waals surface area contributed by atoms with Gasteiger partial charge in [0.15, 0.2) is 0 Å². The molecule has 2 rings (SSSR count). The van der Waals surface area contributed by atoms with Gasteiger partial charge >= 0.3 is 5.97 Å². The molecule has 1 atom stereocenters. The fraction of sp³-hybridized carbons (Fsp3) is 0.538. The summed E-state index contributed by atoms with van der Waals surface area (Å²) in [5.41, 5.74) is 0.199. The van der Waals surface area contributed by atoms with E-state index in [-0.39, 0.29) is 17.1 Å². The molecule has 0 aliphatic carbocycles. The van der Waals surface area contributed by atoms with Crippen LogP contribution in [0.3, 0.4) is 0 Å². The second kappa shape index (κ2) is 6.09. The van der Waals surface area contributed by atoms with E-state index in [0.717, 1.165) is 4.31 Å². The van der Waals surface area contributed by atoms with Gasteiger partial charge in [0.2, 0.25) is 10.0 Å². The summed E-state index contributed by atoms with van der Waals surface area (Å²) in [6.07, 6.45) is 2.93. The molecular weight excluding hydrogens is 310 g/mol. The molecule has 1 fully saturated rings. The van der Waals surface area contributed by atoms with Crippen LogP contribution in [0.4, 0.5) is 0 Å². The first-order valence-corrected chi connectivity index (χ1v) is 8.36. The van der Waals surface area contributed by atoms with Gasteiger partial charge in [-0.1, -0.05) is 0 Å². The Labute approximate surface area is 128 Å². The number of hydrogen-bond acceptors (Lipinski definition) is 4. The van der Waals surface area contributed by atoms with Crippen molar-refractivity contribution in [2.75, 3.05) is 13.6 Å². The molecule has 2 N–H and O–H groups in total. The number of aryl methyl sites for hydroxylation is 1. The predicted octanol–water partition coefficient (Wildman–Crippen LogP) is 0.0125. The Kier molecular flexibility index (Phi) is 4.57. The number of nitrogens with one attached hydrogen (secondary N) is 1. The Bertz CT molecular complexity index is 695. The molecule has 0 radical (unpaired) electrons. The number of sulfonamides is 1. The Morgan fingerprint density at radius 1 is 1.36 bits per heavy atom. The van der Waals surface area contributed by atoms with Crippen LogP contribution in [0, 0.1) is 0 Å². The van der Waals surface area contributed by atoms with Crippen LogP contribution in [0.1, 0.15) is 29.8 Å². The fourth-order valence-electron chi connectivity index (χ4n) is 2.60. The normalized spacial score (nSPS) is 19.8. The lowest BCUT2D eigenvalue weighted by Crippen LogP contribution is -2.47. The van der Waals surface area contributed by atoms with Crippen molar-refractivity contribution in [2.24, 2.45) is 7.05 Å². The summed E-state index contributed by atoms with van der Waals surface area (Å²) in [4.78, 5) is 22.9. The van der Waals surface area contributed by atoms with Gasteiger partial charge in [-0.3, -0.25) is 9.59 Å². The molecule has 22 heavy (non-hydrogen) atoms. The maximum atomic E-state index is 12.7. The maximum absolute atomic E-state index is 12.7. The highest BCUT2D eigenvalue weighted by atomic mass is 32.2. The number of carboxylic acids is 1. The molecule has 0 aromatic carbocycles. The molecule has 0 saturated carbocycles. The summed E-state index contributed by atoms with van der Waals surface area (Å²) >= 11 is 0. The van der Waals surface area contributed by atoms with Crippen molar-refractivity contribution in [1.29, 1.82) is 0 Å². The number of amides is 1. The van der Waals surface area contributed by atoms with Crippen LogP contribution in [-0.2, 0) is 21.9 Å². The summed E-state index contributed by atoms with van der Waals surface area (Å²) < 4.78 is 27.8. The summed E-state index contributed by atoms with van der Waals surface area (Å²) in [7, 11) is -0.931. The predicted molar refractivity (Wildman–Crippen MR) is 78.0 cm³/mol. The third-order valence-corrected chi connectivity index (χ3v) is 5.66. The van der Waals surface area contributed by atoms with Crippen LogP contribution >= 0.6 is 0 Å². The molecule has 0 spiro atoms. The monoisotopic (exact) mass is 329 g/mol. The highest BCUT2D eigenvalue weighted by molar-refractivity contribution is 7.89. The largest absolute Gasteiger partial charge is 0.480 e. The number of nitrogens with zero attached hydrogens (tertiary/aromatic N) is 2. The lowest BCUT2D eigenvalue weighted by atomic mass is 10.1. The quantitative estimate of drug-likeness (QED) is 0.809. The molecule has 1 unspecified atom stereocenters. The van der Waals surface area contributed by atoms with Crippen LogP contribution in [0.5, 0.6) is 0 Å². The average molecular weight is 329 g/mol. The molecular formula is C13H19N3O5S. The van der Waals surface area contributed by atoms with Crippen LogP contribution in [0.2, 0.25) is 0 Å². The number of piperidine rings is 1. The van der Waals surface area contributed by atoms with E-state index >= 15 is 0 Å². The molecule has 1 amide bonds. The first-order valence-electron chi connectivity index (χ1n) is 6.92. The van der Waals surface area contributed by atoms with Crippen LogP contribution < -0.4 is 5.32 Å². The molecule has 2 heterocycles. The van der Waals surface area contributed by atoms with E-state index in [1.54, 1.807) is 7.05 Å². The SMILES string of the molecule is CNC(=O)c1cc(S(=O)(=O)N2CCCCC2C(=O)O)cn1C. The Hall–Kier alpha value is -1.87. The van der Waals surface area contributed by atoms with Crippen LogP contribution in [0.25, 0.3) is 0 Å². The molecule has 0 bridgehead atoms. The highest BCUT2D eigenvalue weighted by Gasteiger charge is 2.38. The molecule has 9 heteroatoms. The summed E-state index contributed by atoms with van der Waals surface area (Å²) in [6.45, 7) is 0.170. The van der Waals surface area contributed by atoms with Gasteiger partial charge in [0.05, 0.1) is 0 Å². The van der Waals surface area contributed by atoms with Gasteiger partial charge in [-0.15, -0.1) is 0 Å². The number of aromatic nitrogens is 1. The molecule has 122 valence electrons. The number of carboxylic acid groups (broad SMARTS) is 1. The second-order valence-electron chi connectivity index (χ2n) is 5.22. The highest BCUT2D eigenvalue weighted by Crippen LogP contribution is 2.26. The maximum Gasteiger partial charge on any atom is 0.322 e. The zero-order valence-corrected chi connectivity index (χ0v) is 13.3.